The normalized spacial score (nSPS) is 17.8. The average molecular weight is 275 g/mol. The van der Waals surface area contributed by atoms with E-state index in [-0.39, 0.29) is 17.6 Å². The van der Waals surface area contributed by atoms with Gasteiger partial charge in [-0.05, 0) is 12.0 Å². The van der Waals surface area contributed by atoms with Gasteiger partial charge in [0.15, 0.2) is 16.8 Å². The van der Waals surface area contributed by atoms with E-state index in [9.17, 15) is 4.79 Å². The molecule has 1 N–H and O–H groups in total. The monoisotopic (exact) mass is 275 g/mol. The minimum atomic E-state index is -0.150. The van der Waals surface area contributed by atoms with Crippen LogP contribution in [0.2, 0.25) is 0 Å². The van der Waals surface area contributed by atoms with Gasteiger partial charge in [0.2, 0.25) is 0 Å². The van der Waals surface area contributed by atoms with Gasteiger partial charge in [0, 0.05) is 12.6 Å². The molecular formula is C13H13N3O2S. The van der Waals surface area contributed by atoms with Crippen molar-refractivity contribution >= 4 is 17.5 Å². The lowest BCUT2D eigenvalue weighted by molar-refractivity contribution is 0.1000. The van der Waals surface area contributed by atoms with E-state index in [1.165, 1.54) is 11.8 Å². The van der Waals surface area contributed by atoms with Crippen molar-refractivity contribution in [3.8, 4) is 0 Å². The standard InChI is InChI=1S/C13H13N3O2S/c1-16-11(7-17)14-15-13(16)19-10-6-8-4-2-3-5-9(8)12(10)18/h2-5,10,17H,6-7H2,1H3. The number of carbonyl (C=O) groups excluding carboxylic acids is 1. The maximum absolute atomic E-state index is 12.3. The molecule has 2 aromatic rings. The van der Waals surface area contributed by atoms with E-state index in [2.05, 4.69) is 10.2 Å². The number of nitrogens with zero attached hydrogens (tertiary/aromatic N) is 3. The van der Waals surface area contributed by atoms with E-state index in [1.54, 1.807) is 11.6 Å². The summed E-state index contributed by atoms with van der Waals surface area (Å²) in [4.78, 5) is 12.3. The van der Waals surface area contributed by atoms with E-state index in [4.69, 9.17) is 5.11 Å². The van der Waals surface area contributed by atoms with Gasteiger partial charge in [-0.15, -0.1) is 10.2 Å². The zero-order chi connectivity index (χ0) is 13.4. The van der Waals surface area contributed by atoms with Gasteiger partial charge in [0.05, 0.1) is 5.25 Å². The third-order valence-electron chi connectivity index (χ3n) is 3.29. The molecule has 0 saturated carbocycles. The SMILES string of the molecule is Cn1c(CO)nnc1SC1Cc2ccccc2C1=O. The van der Waals surface area contributed by atoms with Crippen LogP contribution in [0.1, 0.15) is 21.7 Å². The molecule has 98 valence electrons. The van der Waals surface area contributed by atoms with Crippen LogP contribution < -0.4 is 0 Å². The molecular weight excluding hydrogens is 262 g/mol. The maximum Gasteiger partial charge on any atom is 0.191 e. The quantitative estimate of drug-likeness (QED) is 0.912. The van der Waals surface area contributed by atoms with Gasteiger partial charge in [-0.1, -0.05) is 36.0 Å². The third-order valence-corrected chi connectivity index (χ3v) is 4.53. The molecule has 5 nitrogen and oxygen atoms in total. The Morgan fingerprint density at radius 1 is 1.42 bits per heavy atom. The smallest absolute Gasteiger partial charge is 0.191 e. The lowest BCUT2D eigenvalue weighted by atomic mass is 10.1. The molecule has 6 heteroatoms. The van der Waals surface area contributed by atoms with Crippen LogP contribution in [0.5, 0.6) is 0 Å². The first-order chi connectivity index (χ1) is 9.20. The fraction of sp³-hybridized carbons (Fsp3) is 0.308. The van der Waals surface area contributed by atoms with Crippen LogP contribution >= 0.6 is 11.8 Å². The highest BCUT2D eigenvalue weighted by atomic mass is 32.2. The van der Waals surface area contributed by atoms with Gasteiger partial charge in [-0.25, -0.2) is 0 Å². The van der Waals surface area contributed by atoms with Crippen molar-refractivity contribution in [3.05, 3.63) is 41.2 Å². The highest BCUT2D eigenvalue weighted by molar-refractivity contribution is 8.00. The summed E-state index contributed by atoms with van der Waals surface area (Å²) < 4.78 is 1.72. The van der Waals surface area contributed by atoms with Crippen LogP contribution in [0.3, 0.4) is 0 Å². The zero-order valence-corrected chi connectivity index (χ0v) is 11.2. The number of ketones is 1. The Hall–Kier alpha value is -1.66. The molecule has 0 saturated heterocycles. The first-order valence-electron chi connectivity index (χ1n) is 5.98. The summed E-state index contributed by atoms with van der Waals surface area (Å²) in [5, 5.41) is 17.5. The lowest BCUT2D eigenvalue weighted by Crippen LogP contribution is -2.12. The zero-order valence-electron chi connectivity index (χ0n) is 10.4. The van der Waals surface area contributed by atoms with Crippen molar-refractivity contribution in [1.82, 2.24) is 14.8 Å². The van der Waals surface area contributed by atoms with Gasteiger partial charge >= 0.3 is 0 Å². The molecule has 0 fully saturated rings. The predicted octanol–water partition coefficient (Wildman–Crippen LogP) is 1.21. The number of Topliss-reactive ketones (excluding diaryl/α,β-unsaturated/α-hetero) is 1. The molecule has 1 aliphatic rings. The second-order valence-electron chi connectivity index (χ2n) is 4.45. The van der Waals surface area contributed by atoms with Gasteiger partial charge in [0.25, 0.3) is 0 Å². The van der Waals surface area contributed by atoms with Crippen LogP contribution in [0, 0.1) is 0 Å². The molecule has 3 rings (SSSR count). The summed E-state index contributed by atoms with van der Waals surface area (Å²) in [5.74, 6) is 0.652. The second kappa shape index (κ2) is 4.79. The molecule has 1 aromatic heterocycles. The number of thioether (sulfide) groups is 1. The molecule has 1 heterocycles. The number of aliphatic hydroxyl groups excluding tert-OH is 1. The molecule has 19 heavy (non-hydrogen) atoms. The maximum atomic E-state index is 12.3. The summed E-state index contributed by atoms with van der Waals surface area (Å²) in [6.07, 6.45) is 0.723. The molecule has 1 aliphatic carbocycles. The molecule has 1 aromatic carbocycles. The Morgan fingerprint density at radius 3 is 2.89 bits per heavy atom. The Bertz CT molecular complexity index is 639. The Balaban J connectivity index is 1.83. The average Bonchev–Trinajstić information content (AvgIpc) is 2.93. The first-order valence-corrected chi connectivity index (χ1v) is 6.86. The van der Waals surface area contributed by atoms with Crippen LogP contribution in [0.15, 0.2) is 29.4 Å². The van der Waals surface area contributed by atoms with Gasteiger partial charge in [-0.3, -0.25) is 4.79 Å². The molecule has 0 bridgehead atoms. The molecule has 1 atom stereocenters. The van der Waals surface area contributed by atoms with E-state index in [0.29, 0.717) is 11.0 Å². The highest BCUT2D eigenvalue weighted by Gasteiger charge is 2.32. The number of hydrogen-bond donors (Lipinski definition) is 1. The summed E-state index contributed by atoms with van der Waals surface area (Å²) in [6, 6.07) is 7.69. The molecule has 0 amide bonds. The van der Waals surface area contributed by atoms with Crippen molar-refractivity contribution in [1.29, 1.82) is 0 Å². The van der Waals surface area contributed by atoms with Crippen LogP contribution in [-0.4, -0.2) is 30.9 Å². The van der Waals surface area contributed by atoms with Gasteiger partial charge in [-0.2, -0.15) is 0 Å². The number of fused-ring (bicyclic) bond motifs is 1. The Morgan fingerprint density at radius 2 is 2.21 bits per heavy atom. The number of hydrogen-bond acceptors (Lipinski definition) is 5. The van der Waals surface area contributed by atoms with Crippen molar-refractivity contribution in [2.75, 3.05) is 0 Å². The van der Waals surface area contributed by atoms with E-state index >= 15 is 0 Å². The fourth-order valence-corrected chi connectivity index (χ4v) is 3.32. The first kappa shape index (κ1) is 12.4. The topological polar surface area (TPSA) is 68.0 Å². The van der Waals surface area contributed by atoms with Crippen LogP contribution in [0.4, 0.5) is 0 Å². The molecule has 1 unspecified atom stereocenters. The van der Waals surface area contributed by atoms with Crippen molar-refractivity contribution in [2.45, 2.75) is 23.4 Å². The van der Waals surface area contributed by atoms with E-state index < -0.39 is 0 Å². The van der Waals surface area contributed by atoms with Crippen molar-refractivity contribution in [3.63, 3.8) is 0 Å². The van der Waals surface area contributed by atoms with Gasteiger partial charge < -0.3 is 9.67 Å². The molecule has 0 spiro atoms. The Labute approximate surface area is 114 Å². The van der Waals surface area contributed by atoms with E-state index in [1.807, 2.05) is 24.3 Å². The number of aromatic nitrogens is 3. The van der Waals surface area contributed by atoms with Crippen LogP contribution in [0.25, 0.3) is 0 Å². The summed E-state index contributed by atoms with van der Waals surface area (Å²) in [7, 11) is 1.79. The Kier molecular flexibility index (Phi) is 3.12. The number of carbonyl (C=O) groups is 1. The molecule has 0 aliphatic heterocycles. The second-order valence-corrected chi connectivity index (χ2v) is 5.62. The summed E-state index contributed by atoms with van der Waals surface area (Å²) in [5.41, 5.74) is 1.90. The minimum absolute atomic E-state index is 0.146. The van der Waals surface area contributed by atoms with E-state index in [0.717, 1.165) is 17.5 Å². The minimum Gasteiger partial charge on any atom is -0.388 e. The number of rotatable bonds is 3. The fourth-order valence-electron chi connectivity index (χ4n) is 2.21. The summed E-state index contributed by atoms with van der Waals surface area (Å²) in [6.45, 7) is -0.150. The summed E-state index contributed by atoms with van der Waals surface area (Å²) >= 11 is 1.41. The number of aliphatic hydroxyl groups is 1. The van der Waals surface area contributed by atoms with Crippen molar-refractivity contribution in [2.24, 2.45) is 7.05 Å². The van der Waals surface area contributed by atoms with Crippen LogP contribution in [-0.2, 0) is 20.1 Å². The highest BCUT2D eigenvalue weighted by Crippen LogP contribution is 2.33. The number of benzene rings is 1. The van der Waals surface area contributed by atoms with Gasteiger partial charge in [0.1, 0.15) is 6.61 Å². The largest absolute Gasteiger partial charge is 0.388 e. The van der Waals surface area contributed by atoms with Crippen molar-refractivity contribution < 1.29 is 9.90 Å². The third kappa shape index (κ3) is 2.06. The predicted molar refractivity (Wildman–Crippen MR) is 71.0 cm³/mol. The lowest BCUT2D eigenvalue weighted by Gasteiger charge is -2.06. The molecule has 0 radical (unpaired) electrons.